The second-order valence-corrected chi connectivity index (χ2v) is 7.54. The minimum atomic E-state index is -4.53. The molecule has 0 spiro atoms. The van der Waals surface area contributed by atoms with Crippen LogP contribution in [-0.2, 0) is 15.8 Å². The highest BCUT2D eigenvalue weighted by molar-refractivity contribution is 6.04. The highest BCUT2D eigenvalue weighted by Crippen LogP contribution is 2.30. The van der Waals surface area contributed by atoms with Crippen molar-refractivity contribution < 1.29 is 32.0 Å². The maximum atomic E-state index is 13.4. The molecule has 2 aromatic rings. The molecule has 10 heteroatoms. The molecule has 0 N–H and O–H groups in total. The summed E-state index contributed by atoms with van der Waals surface area (Å²) in [5, 5.41) is 3.90. The van der Waals surface area contributed by atoms with Crippen molar-refractivity contribution >= 4 is 17.5 Å². The van der Waals surface area contributed by atoms with Gasteiger partial charge in [0.25, 0.3) is 11.8 Å². The molecule has 0 radical (unpaired) electrons. The SMILES string of the molecule is O=C(c1cccc(C(F)(F)F)c1)N1CCN(C(=O)C2CC(c3cccc(F)c3)=NO2)CC1. The van der Waals surface area contributed by atoms with Gasteiger partial charge in [0.2, 0.25) is 6.10 Å². The monoisotopic (exact) mass is 449 g/mol. The predicted molar refractivity (Wildman–Crippen MR) is 106 cm³/mol. The van der Waals surface area contributed by atoms with E-state index in [1.54, 1.807) is 12.1 Å². The molecule has 168 valence electrons. The first kappa shape index (κ1) is 21.8. The zero-order valence-electron chi connectivity index (χ0n) is 16.8. The smallest absolute Gasteiger partial charge is 0.382 e. The largest absolute Gasteiger partial charge is 0.416 e. The molecule has 32 heavy (non-hydrogen) atoms. The number of hydrogen-bond donors (Lipinski definition) is 0. The van der Waals surface area contributed by atoms with Gasteiger partial charge in [-0.3, -0.25) is 9.59 Å². The molecule has 1 unspecified atom stereocenters. The maximum absolute atomic E-state index is 13.4. The first-order valence-electron chi connectivity index (χ1n) is 9.96. The molecule has 2 aliphatic rings. The van der Waals surface area contributed by atoms with E-state index >= 15 is 0 Å². The van der Waals surface area contributed by atoms with Crippen LogP contribution in [0.15, 0.2) is 53.7 Å². The average Bonchev–Trinajstić information content (AvgIpc) is 3.28. The number of benzene rings is 2. The van der Waals surface area contributed by atoms with E-state index in [1.165, 1.54) is 34.1 Å². The number of nitrogens with zero attached hydrogens (tertiary/aromatic N) is 3. The van der Waals surface area contributed by atoms with Crippen molar-refractivity contribution in [1.82, 2.24) is 9.80 Å². The Morgan fingerprint density at radius 1 is 0.969 bits per heavy atom. The first-order valence-corrected chi connectivity index (χ1v) is 9.96. The van der Waals surface area contributed by atoms with E-state index in [0.717, 1.165) is 12.1 Å². The van der Waals surface area contributed by atoms with Crippen LogP contribution in [0.1, 0.15) is 27.9 Å². The molecular weight excluding hydrogens is 430 g/mol. The highest BCUT2D eigenvalue weighted by Gasteiger charge is 2.35. The lowest BCUT2D eigenvalue weighted by Gasteiger charge is -2.35. The van der Waals surface area contributed by atoms with Gasteiger partial charge >= 0.3 is 6.18 Å². The number of amides is 2. The second-order valence-electron chi connectivity index (χ2n) is 7.54. The quantitative estimate of drug-likeness (QED) is 0.676. The van der Waals surface area contributed by atoms with Crippen LogP contribution in [0.2, 0.25) is 0 Å². The Morgan fingerprint density at radius 3 is 2.34 bits per heavy atom. The Balaban J connectivity index is 1.33. The molecule has 1 fully saturated rings. The van der Waals surface area contributed by atoms with Gasteiger partial charge < -0.3 is 14.6 Å². The molecular formula is C22H19F4N3O3. The normalized spacial score (nSPS) is 18.9. The molecule has 4 rings (SSSR count). The van der Waals surface area contributed by atoms with Crippen molar-refractivity contribution in [3.63, 3.8) is 0 Å². The van der Waals surface area contributed by atoms with E-state index in [-0.39, 0.29) is 44.1 Å². The van der Waals surface area contributed by atoms with Gasteiger partial charge in [0.1, 0.15) is 5.82 Å². The van der Waals surface area contributed by atoms with Gasteiger partial charge in [-0.2, -0.15) is 13.2 Å². The third-order valence-corrected chi connectivity index (χ3v) is 5.42. The van der Waals surface area contributed by atoms with Gasteiger partial charge in [0.05, 0.1) is 11.3 Å². The van der Waals surface area contributed by atoms with Crippen LogP contribution in [0.5, 0.6) is 0 Å². The number of halogens is 4. The van der Waals surface area contributed by atoms with Gasteiger partial charge in [-0.05, 0) is 30.3 Å². The van der Waals surface area contributed by atoms with E-state index in [1.807, 2.05) is 0 Å². The van der Waals surface area contributed by atoms with Crippen molar-refractivity contribution in [2.24, 2.45) is 5.16 Å². The lowest BCUT2D eigenvalue weighted by atomic mass is 10.0. The van der Waals surface area contributed by atoms with Crippen LogP contribution in [-0.4, -0.2) is 59.6 Å². The first-order chi connectivity index (χ1) is 15.2. The van der Waals surface area contributed by atoms with Crippen molar-refractivity contribution in [3.05, 3.63) is 71.0 Å². The van der Waals surface area contributed by atoms with Crippen molar-refractivity contribution in [2.45, 2.75) is 18.7 Å². The minimum Gasteiger partial charge on any atom is -0.382 e. The summed E-state index contributed by atoms with van der Waals surface area (Å²) in [5.74, 6) is -1.23. The molecule has 0 aliphatic carbocycles. The summed E-state index contributed by atoms with van der Waals surface area (Å²) >= 11 is 0. The molecule has 0 saturated carbocycles. The molecule has 2 aliphatic heterocycles. The van der Waals surface area contributed by atoms with Crippen molar-refractivity contribution in [3.8, 4) is 0 Å². The van der Waals surface area contributed by atoms with E-state index in [2.05, 4.69) is 5.16 Å². The number of alkyl halides is 3. The Morgan fingerprint density at radius 2 is 1.66 bits per heavy atom. The number of carbonyl (C=O) groups is 2. The number of rotatable bonds is 3. The lowest BCUT2D eigenvalue weighted by molar-refractivity contribution is -0.143. The zero-order valence-corrected chi connectivity index (χ0v) is 16.8. The van der Waals surface area contributed by atoms with Gasteiger partial charge in [-0.1, -0.05) is 23.4 Å². The molecule has 6 nitrogen and oxygen atoms in total. The van der Waals surface area contributed by atoms with Crippen molar-refractivity contribution in [1.29, 1.82) is 0 Å². The summed E-state index contributed by atoms with van der Waals surface area (Å²) < 4.78 is 52.1. The highest BCUT2D eigenvalue weighted by atomic mass is 19.4. The second kappa shape index (κ2) is 8.60. The molecule has 1 atom stereocenters. The van der Waals surface area contributed by atoms with E-state index in [0.29, 0.717) is 11.3 Å². The minimum absolute atomic E-state index is 0.0492. The summed E-state index contributed by atoms with van der Waals surface area (Å²) in [4.78, 5) is 33.6. The Labute approximate surface area is 181 Å². The Hall–Kier alpha value is -3.43. The summed E-state index contributed by atoms with van der Waals surface area (Å²) in [6, 6.07) is 10.1. The van der Waals surface area contributed by atoms with Crippen LogP contribution in [0.25, 0.3) is 0 Å². The molecule has 2 amide bonds. The summed E-state index contributed by atoms with van der Waals surface area (Å²) in [6.45, 7) is 0.813. The van der Waals surface area contributed by atoms with Gasteiger partial charge in [0.15, 0.2) is 0 Å². The van der Waals surface area contributed by atoms with Crippen LogP contribution in [0.3, 0.4) is 0 Å². The third kappa shape index (κ3) is 4.58. The number of hydrogen-bond acceptors (Lipinski definition) is 4. The van der Waals surface area contributed by atoms with Crippen molar-refractivity contribution in [2.75, 3.05) is 26.2 Å². The molecule has 0 bridgehead atoms. The van der Waals surface area contributed by atoms with Crippen LogP contribution in [0, 0.1) is 5.82 Å². The fourth-order valence-electron chi connectivity index (χ4n) is 3.69. The topological polar surface area (TPSA) is 62.2 Å². The third-order valence-electron chi connectivity index (χ3n) is 5.42. The number of oxime groups is 1. The zero-order chi connectivity index (χ0) is 22.9. The van der Waals surface area contributed by atoms with Gasteiger partial charge in [-0.15, -0.1) is 0 Å². The van der Waals surface area contributed by atoms with Gasteiger partial charge in [0, 0.05) is 43.7 Å². The van der Waals surface area contributed by atoms with Crippen LogP contribution >= 0.6 is 0 Å². The predicted octanol–water partition coefficient (Wildman–Crippen LogP) is 3.32. The fraction of sp³-hybridized carbons (Fsp3) is 0.318. The maximum Gasteiger partial charge on any atom is 0.416 e. The number of carbonyl (C=O) groups excluding carboxylic acids is 2. The lowest BCUT2D eigenvalue weighted by Crippen LogP contribution is -2.53. The molecule has 0 aromatic heterocycles. The number of piperazine rings is 1. The van der Waals surface area contributed by atoms with E-state index < -0.39 is 29.6 Å². The van der Waals surface area contributed by atoms with E-state index in [4.69, 9.17) is 4.84 Å². The average molecular weight is 449 g/mol. The summed E-state index contributed by atoms with van der Waals surface area (Å²) in [5.41, 5.74) is 0.0783. The van der Waals surface area contributed by atoms with E-state index in [9.17, 15) is 27.2 Å². The summed E-state index contributed by atoms with van der Waals surface area (Å²) in [7, 11) is 0. The molecule has 2 aromatic carbocycles. The Kier molecular flexibility index (Phi) is 5.86. The fourth-order valence-corrected chi connectivity index (χ4v) is 3.69. The Bertz CT molecular complexity index is 1060. The molecule has 1 saturated heterocycles. The van der Waals surface area contributed by atoms with Crippen LogP contribution in [0.4, 0.5) is 17.6 Å². The summed E-state index contributed by atoms with van der Waals surface area (Å²) in [6.07, 6.45) is -5.17. The molecule has 2 heterocycles. The van der Waals surface area contributed by atoms with Crippen LogP contribution < -0.4 is 0 Å². The van der Waals surface area contributed by atoms with Gasteiger partial charge in [-0.25, -0.2) is 4.39 Å². The standard InChI is InChI=1S/C22H19F4N3O3/c23-17-6-2-3-14(12-17)18-13-19(32-27-18)21(31)29-9-7-28(8-10-29)20(30)15-4-1-5-16(11-15)22(24,25)26/h1-6,11-12,19H,7-10,13H2.